The SMILES string of the molecule is CCCn1cc(Oc2ccc(C(C)O)c(Cl)c2)cn1. The Balaban J connectivity index is 2.12. The van der Waals surface area contributed by atoms with Crippen molar-refractivity contribution in [1.82, 2.24) is 9.78 Å². The Hall–Kier alpha value is -1.52. The molecule has 0 saturated heterocycles. The maximum absolute atomic E-state index is 9.51. The lowest BCUT2D eigenvalue weighted by atomic mass is 10.1. The van der Waals surface area contributed by atoms with Gasteiger partial charge < -0.3 is 9.84 Å². The van der Waals surface area contributed by atoms with Gasteiger partial charge in [0.1, 0.15) is 5.75 Å². The van der Waals surface area contributed by atoms with E-state index < -0.39 is 6.10 Å². The first-order chi connectivity index (χ1) is 9.10. The maximum Gasteiger partial charge on any atom is 0.165 e. The Morgan fingerprint density at radius 1 is 1.42 bits per heavy atom. The highest BCUT2D eigenvalue weighted by Gasteiger charge is 2.08. The quantitative estimate of drug-likeness (QED) is 0.906. The fourth-order valence-electron chi connectivity index (χ4n) is 1.79. The summed E-state index contributed by atoms with van der Waals surface area (Å²) in [5.41, 5.74) is 0.690. The molecule has 4 nitrogen and oxygen atoms in total. The number of halogens is 1. The molecular formula is C14H17ClN2O2. The van der Waals surface area contributed by atoms with Gasteiger partial charge in [-0.25, -0.2) is 0 Å². The lowest BCUT2D eigenvalue weighted by molar-refractivity contribution is 0.199. The molecule has 0 aliphatic carbocycles. The standard InChI is InChI=1S/C14H17ClN2O2/c1-3-6-17-9-12(8-16-17)19-11-4-5-13(10(2)18)14(15)7-11/h4-5,7-10,18H,3,6H2,1-2H3. The van der Waals surface area contributed by atoms with Crippen LogP contribution in [0.1, 0.15) is 31.9 Å². The van der Waals surface area contributed by atoms with Crippen molar-refractivity contribution in [2.75, 3.05) is 0 Å². The van der Waals surface area contributed by atoms with Gasteiger partial charge in [-0.1, -0.05) is 24.6 Å². The average Bonchev–Trinajstić information content (AvgIpc) is 2.76. The fourth-order valence-corrected chi connectivity index (χ4v) is 2.12. The van der Waals surface area contributed by atoms with E-state index in [1.54, 1.807) is 31.3 Å². The number of hydrogen-bond donors (Lipinski definition) is 1. The number of aromatic nitrogens is 2. The van der Waals surface area contributed by atoms with Gasteiger partial charge in [0.2, 0.25) is 0 Å². The van der Waals surface area contributed by atoms with Crippen LogP contribution < -0.4 is 4.74 Å². The minimum Gasteiger partial charge on any atom is -0.454 e. The molecule has 1 aromatic carbocycles. The highest BCUT2D eigenvalue weighted by atomic mass is 35.5. The number of benzene rings is 1. The molecule has 1 N–H and O–H groups in total. The monoisotopic (exact) mass is 280 g/mol. The number of aliphatic hydroxyl groups excluding tert-OH is 1. The van der Waals surface area contributed by atoms with Crippen LogP contribution in [0, 0.1) is 0 Å². The van der Waals surface area contributed by atoms with Crippen molar-refractivity contribution in [1.29, 1.82) is 0 Å². The van der Waals surface area contributed by atoms with Gasteiger partial charge in [0.25, 0.3) is 0 Å². The fraction of sp³-hybridized carbons (Fsp3) is 0.357. The summed E-state index contributed by atoms with van der Waals surface area (Å²) in [6.45, 7) is 4.64. The third-order valence-corrected chi connectivity index (χ3v) is 3.05. The lowest BCUT2D eigenvalue weighted by Crippen LogP contribution is -1.95. The van der Waals surface area contributed by atoms with E-state index in [9.17, 15) is 5.11 Å². The molecule has 1 unspecified atom stereocenters. The number of hydrogen-bond acceptors (Lipinski definition) is 3. The second-order valence-electron chi connectivity index (χ2n) is 4.40. The molecule has 1 aromatic heterocycles. The molecule has 0 aliphatic rings. The summed E-state index contributed by atoms with van der Waals surface area (Å²) in [5, 5.41) is 14.2. The second kappa shape index (κ2) is 6.08. The van der Waals surface area contributed by atoms with E-state index in [2.05, 4.69) is 12.0 Å². The van der Waals surface area contributed by atoms with Gasteiger partial charge in [0.05, 0.1) is 23.5 Å². The molecule has 2 rings (SSSR count). The average molecular weight is 281 g/mol. The summed E-state index contributed by atoms with van der Waals surface area (Å²) in [7, 11) is 0. The Morgan fingerprint density at radius 3 is 2.84 bits per heavy atom. The van der Waals surface area contributed by atoms with E-state index >= 15 is 0 Å². The van der Waals surface area contributed by atoms with Crippen LogP contribution in [0.2, 0.25) is 5.02 Å². The van der Waals surface area contributed by atoms with E-state index in [-0.39, 0.29) is 0 Å². The van der Waals surface area contributed by atoms with Gasteiger partial charge in [0.15, 0.2) is 5.75 Å². The summed E-state index contributed by atoms with van der Waals surface area (Å²) >= 11 is 6.08. The van der Waals surface area contributed by atoms with Crippen LogP contribution in [0.25, 0.3) is 0 Å². The number of nitrogens with zero attached hydrogens (tertiary/aromatic N) is 2. The molecular weight excluding hydrogens is 264 g/mol. The molecule has 2 aromatic rings. The molecule has 1 atom stereocenters. The summed E-state index contributed by atoms with van der Waals surface area (Å²) in [6, 6.07) is 5.24. The normalized spacial score (nSPS) is 12.4. The first-order valence-electron chi connectivity index (χ1n) is 6.28. The molecule has 0 saturated carbocycles. The van der Waals surface area contributed by atoms with Crippen molar-refractivity contribution >= 4 is 11.6 Å². The minimum absolute atomic E-state index is 0.494. The topological polar surface area (TPSA) is 47.3 Å². The predicted octanol–water partition coefficient (Wildman–Crippen LogP) is 3.79. The smallest absolute Gasteiger partial charge is 0.165 e. The van der Waals surface area contributed by atoms with Gasteiger partial charge in [-0.3, -0.25) is 4.68 Å². The molecule has 0 radical (unpaired) electrons. The van der Waals surface area contributed by atoms with Crippen molar-refractivity contribution in [3.05, 3.63) is 41.2 Å². The van der Waals surface area contributed by atoms with Gasteiger partial charge in [-0.15, -0.1) is 0 Å². The summed E-state index contributed by atoms with van der Waals surface area (Å²) in [4.78, 5) is 0. The molecule has 0 aliphatic heterocycles. The Bertz CT molecular complexity index is 552. The molecule has 1 heterocycles. The van der Waals surface area contributed by atoms with Crippen LogP contribution in [0.3, 0.4) is 0 Å². The number of aryl methyl sites for hydroxylation is 1. The van der Waals surface area contributed by atoms with Crippen molar-refractivity contribution < 1.29 is 9.84 Å². The number of aliphatic hydroxyl groups is 1. The molecule has 0 amide bonds. The molecule has 0 bridgehead atoms. The summed E-state index contributed by atoms with van der Waals surface area (Å²) in [5.74, 6) is 1.31. The number of rotatable bonds is 5. The Labute approximate surface area is 117 Å². The summed E-state index contributed by atoms with van der Waals surface area (Å²) in [6.07, 6.45) is 3.95. The van der Waals surface area contributed by atoms with Crippen LogP contribution >= 0.6 is 11.6 Å². The first kappa shape index (κ1) is 13.9. The third kappa shape index (κ3) is 3.49. The molecule has 102 valence electrons. The Morgan fingerprint density at radius 2 is 2.21 bits per heavy atom. The molecule has 5 heteroatoms. The largest absolute Gasteiger partial charge is 0.454 e. The molecule has 0 fully saturated rings. The van der Waals surface area contributed by atoms with Gasteiger partial charge in [-0.05, 0) is 31.0 Å². The van der Waals surface area contributed by atoms with E-state index in [0.717, 1.165) is 13.0 Å². The second-order valence-corrected chi connectivity index (χ2v) is 4.81. The molecule has 19 heavy (non-hydrogen) atoms. The zero-order chi connectivity index (χ0) is 13.8. The van der Waals surface area contributed by atoms with Gasteiger partial charge >= 0.3 is 0 Å². The van der Waals surface area contributed by atoms with Crippen molar-refractivity contribution in [3.63, 3.8) is 0 Å². The zero-order valence-electron chi connectivity index (χ0n) is 11.0. The van der Waals surface area contributed by atoms with Crippen molar-refractivity contribution in [2.24, 2.45) is 0 Å². The van der Waals surface area contributed by atoms with Crippen LogP contribution in [-0.2, 0) is 6.54 Å². The van der Waals surface area contributed by atoms with Crippen LogP contribution in [0.5, 0.6) is 11.5 Å². The van der Waals surface area contributed by atoms with Gasteiger partial charge in [-0.2, -0.15) is 5.10 Å². The highest BCUT2D eigenvalue weighted by molar-refractivity contribution is 6.31. The van der Waals surface area contributed by atoms with E-state index in [1.807, 2.05) is 10.9 Å². The van der Waals surface area contributed by atoms with Crippen molar-refractivity contribution in [2.45, 2.75) is 32.9 Å². The van der Waals surface area contributed by atoms with Crippen LogP contribution in [0.4, 0.5) is 0 Å². The van der Waals surface area contributed by atoms with Crippen molar-refractivity contribution in [3.8, 4) is 11.5 Å². The van der Waals surface area contributed by atoms with E-state index in [1.165, 1.54) is 0 Å². The van der Waals surface area contributed by atoms with E-state index in [4.69, 9.17) is 16.3 Å². The first-order valence-corrected chi connectivity index (χ1v) is 6.65. The van der Waals surface area contributed by atoms with Crippen LogP contribution in [0.15, 0.2) is 30.6 Å². The summed E-state index contributed by atoms with van der Waals surface area (Å²) < 4.78 is 7.51. The maximum atomic E-state index is 9.51. The third-order valence-electron chi connectivity index (χ3n) is 2.72. The minimum atomic E-state index is -0.589. The molecule has 0 spiro atoms. The van der Waals surface area contributed by atoms with E-state index in [0.29, 0.717) is 22.1 Å². The number of ether oxygens (including phenoxy) is 1. The van der Waals surface area contributed by atoms with Crippen LogP contribution in [-0.4, -0.2) is 14.9 Å². The zero-order valence-corrected chi connectivity index (χ0v) is 11.8. The lowest BCUT2D eigenvalue weighted by Gasteiger charge is -2.09. The predicted molar refractivity (Wildman–Crippen MR) is 74.7 cm³/mol. The Kier molecular flexibility index (Phi) is 4.45. The van der Waals surface area contributed by atoms with Gasteiger partial charge in [0, 0.05) is 6.54 Å². The highest BCUT2D eigenvalue weighted by Crippen LogP contribution is 2.29.